The van der Waals surface area contributed by atoms with Crippen molar-refractivity contribution in [3.63, 3.8) is 0 Å². The SMILES string of the molecule is CN(CC1CC1)C(=O)CN1CC[C@@H](N)C1. The van der Waals surface area contributed by atoms with Crippen LogP contribution in [0.2, 0.25) is 0 Å². The zero-order valence-corrected chi connectivity index (χ0v) is 9.48. The number of likely N-dealkylation sites (N-methyl/N-ethyl adjacent to an activating group) is 1. The first kappa shape index (κ1) is 10.9. The number of amides is 1. The Kier molecular flexibility index (Phi) is 3.26. The Morgan fingerprint density at radius 1 is 1.47 bits per heavy atom. The predicted molar refractivity (Wildman–Crippen MR) is 59.4 cm³/mol. The molecule has 86 valence electrons. The third kappa shape index (κ3) is 3.18. The summed E-state index contributed by atoms with van der Waals surface area (Å²) in [6, 6.07) is 0.270. The molecule has 0 bridgehead atoms. The van der Waals surface area contributed by atoms with E-state index in [1.807, 2.05) is 11.9 Å². The van der Waals surface area contributed by atoms with E-state index < -0.39 is 0 Å². The summed E-state index contributed by atoms with van der Waals surface area (Å²) < 4.78 is 0. The first-order valence-electron chi connectivity index (χ1n) is 5.87. The molecule has 0 aromatic rings. The highest BCUT2D eigenvalue weighted by Crippen LogP contribution is 2.29. The summed E-state index contributed by atoms with van der Waals surface area (Å²) in [4.78, 5) is 15.9. The maximum Gasteiger partial charge on any atom is 0.236 e. The standard InChI is InChI=1S/C11H21N3O/c1-13(6-9-2-3-9)11(15)8-14-5-4-10(12)7-14/h9-10H,2-8,12H2,1H3/t10-/m1/s1. The van der Waals surface area contributed by atoms with Crippen LogP contribution in [0.5, 0.6) is 0 Å². The molecule has 1 heterocycles. The summed E-state index contributed by atoms with van der Waals surface area (Å²) in [6.45, 7) is 3.35. The van der Waals surface area contributed by atoms with Crippen molar-refractivity contribution in [2.45, 2.75) is 25.3 Å². The van der Waals surface area contributed by atoms with E-state index in [4.69, 9.17) is 5.73 Å². The lowest BCUT2D eigenvalue weighted by molar-refractivity contribution is -0.131. The van der Waals surface area contributed by atoms with Gasteiger partial charge in [-0.3, -0.25) is 9.69 Å². The lowest BCUT2D eigenvalue weighted by Crippen LogP contribution is -2.39. The second kappa shape index (κ2) is 4.49. The van der Waals surface area contributed by atoms with Gasteiger partial charge in [-0.15, -0.1) is 0 Å². The number of rotatable bonds is 4. The second-order valence-corrected chi connectivity index (χ2v) is 5.00. The Labute approximate surface area is 91.4 Å². The number of hydrogen-bond acceptors (Lipinski definition) is 3. The van der Waals surface area contributed by atoms with E-state index in [2.05, 4.69) is 4.90 Å². The van der Waals surface area contributed by atoms with Crippen molar-refractivity contribution in [1.29, 1.82) is 0 Å². The molecular weight excluding hydrogens is 190 g/mol. The third-order valence-electron chi connectivity index (χ3n) is 3.32. The zero-order chi connectivity index (χ0) is 10.8. The molecule has 2 N–H and O–H groups in total. The van der Waals surface area contributed by atoms with Crippen molar-refractivity contribution < 1.29 is 4.79 Å². The highest BCUT2D eigenvalue weighted by Gasteiger charge is 2.26. The van der Waals surface area contributed by atoms with Crippen molar-refractivity contribution >= 4 is 5.91 Å². The van der Waals surface area contributed by atoms with E-state index >= 15 is 0 Å². The fourth-order valence-electron chi connectivity index (χ4n) is 2.11. The zero-order valence-electron chi connectivity index (χ0n) is 9.48. The first-order valence-corrected chi connectivity index (χ1v) is 5.87. The summed E-state index contributed by atoms with van der Waals surface area (Å²) in [7, 11) is 1.91. The van der Waals surface area contributed by atoms with Gasteiger partial charge in [-0.2, -0.15) is 0 Å². The predicted octanol–water partition coefficient (Wildman–Crippen LogP) is -0.112. The Morgan fingerprint density at radius 2 is 2.20 bits per heavy atom. The maximum atomic E-state index is 11.8. The minimum atomic E-state index is 0.246. The molecule has 1 aliphatic carbocycles. The molecule has 1 atom stereocenters. The van der Waals surface area contributed by atoms with Gasteiger partial charge < -0.3 is 10.6 Å². The topological polar surface area (TPSA) is 49.6 Å². The van der Waals surface area contributed by atoms with Gasteiger partial charge in [0, 0.05) is 32.7 Å². The van der Waals surface area contributed by atoms with Crippen molar-refractivity contribution in [1.82, 2.24) is 9.80 Å². The normalized spacial score (nSPS) is 26.9. The summed E-state index contributed by atoms with van der Waals surface area (Å²) in [6.07, 6.45) is 3.62. The lowest BCUT2D eigenvalue weighted by Gasteiger charge is -2.21. The Hall–Kier alpha value is -0.610. The molecule has 0 radical (unpaired) electrons. The van der Waals surface area contributed by atoms with Crippen molar-refractivity contribution in [2.75, 3.05) is 33.2 Å². The first-order chi connectivity index (χ1) is 7.15. The molecule has 1 saturated heterocycles. The highest BCUT2D eigenvalue weighted by atomic mass is 16.2. The van der Waals surface area contributed by atoms with E-state index in [1.165, 1.54) is 12.8 Å². The van der Waals surface area contributed by atoms with Gasteiger partial charge in [-0.25, -0.2) is 0 Å². The Morgan fingerprint density at radius 3 is 2.73 bits per heavy atom. The molecule has 1 amide bonds. The molecule has 1 saturated carbocycles. The molecule has 0 aromatic carbocycles. The van der Waals surface area contributed by atoms with Crippen LogP contribution in [0.15, 0.2) is 0 Å². The molecule has 4 heteroatoms. The van der Waals surface area contributed by atoms with Crippen LogP contribution in [0.25, 0.3) is 0 Å². The van der Waals surface area contributed by atoms with Crippen LogP contribution in [0, 0.1) is 5.92 Å². The number of nitrogens with two attached hydrogens (primary N) is 1. The number of nitrogens with zero attached hydrogens (tertiary/aromatic N) is 2. The maximum absolute atomic E-state index is 11.8. The lowest BCUT2D eigenvalue weighted by atomic mass is 10.3. The van der Waals surface area contributed by atoms with E-state index in [0.717, 1.165) is 32.0 Å². The quantitative estimate of drug-likeness (QED) is 0.706. The van der Waals surface area contributed by atoms with Crippen LogP contribution in [-0.4, -0.2) is 55.0 Å². The van der Waals surface area contributed by atoms with Gasteiger partial charge in [0.25, 0.3) is 0 Å². The molecule has 2 aliphatic rings. The summed E-state index contributed by atoms with van der Waals surface area (Å²) in [5.41, 5.74) is 5.80. The van der Waals surface area contributed by atoms with Gasteiger partial charge in [-0.1, -0.05) is 0 Å². The fraction of sp³-hybridized carbons (Fsp3) is 0.909. The average molecular weight is 211 g/mol. The molecular formula is C11H21N3O. The van der Waals surface area contributed by atoms with E-state index in [9.17, 15) is 4.79 Å². The molecule has 0 unspecified atom stereocenters. The van der Waals surface area contributed by atoms with Gasteiger partial charge in [-0.05, 0) is 25.2 Å². The van der Waals surface area contributed by atoms with Gasteiger partial charge in [0.05, 0.1) is 6.54 Å². The van der Waals surface area contributed by atoms with Crippen LogP contribution in [-0.2, 0) is 4.79 Å². The van der Waals surface area contributed by atoms with E-state index in [0.29, 0.717) is 6.54 Å². The molecule has 2 rings (SSSR count). The van der Waals surface area contributed by atoms with Crippen molar-refractivity contribution in [2.24, 2.45) is 11.7 Å². The second-order valence-electron chi connectivity index (χ2n) is 5.00. The van der Waals surface area contributed by atoms with Gasteiger partial charge in [0.15, 0.2) is 0 Å². The summed E-state index contributed by atoms with van der Waals surface area (Å²) in [5.74, 6) is 1.02. The Balaban J connectivity index is 1.70. The number of likely N-dealkylation sites (tertiary alicyclic amines) is 1. The average Bonchev–Trinajstić information content (AvgIpc) is 2.90. The van der Waals surface area contributed by atoms with Gasteiger partial charge in [0.1, 0.15) is 0 Å². The largest absolute Gasteiger partial charge is 0.344 e. The Bertz CT molecular complexity index is 240. The number of carbonyl (C=O) groups excluding carboxylic acids is 1. The van der Waals surface area contributed by atoms with Crippen LogP contribution < -0.4 is 5.73 Å². The van der Waals surface area contributed by atoms with Crippen molar-refractivity contribution in [3.05, 3.63) is 0 Å². The van der Waals surface area contributed by atoms with E-state index in [1.54, 1.807) is 0 Å². The van der Waals surface area contributed by atoms with Gasteiger partial charge in [0.2, 0.25) is 5.91 Å². The minimum absolute atomic E-state index is 0.246. The third-order valence-corrected chi connectivity index (χ3v) is 3.32. The minimum Gasteiger partial charge on any atom is -0.344 e. The number of hydrogen-bond donors (Lipinski definition) is 1. The van der Waals surface area contributed by atoms with Crippen LogP contribution in [0.4, 0.5) is 0 Å². The number of carbonyl (C=O) groups is 1. The molecule has 0 aromatic heterocycles. The van der Waals surface area contributed by atoms with Crippen LogP contribution >= 0.6 is 0 Å². The monoisotopic (exact) mass is 211 g/mol. The molecule has 2 fully saturated rings. The van der Waals surface area contributed by atoms with Crippen LogP contribution in [0.1, 0.15) is 19.3 Å². The molecule has 0 spiro atoms. The molecule has 1 aliphatic heterocycles. The molecule has 4 nitrogen and oxygen atoms in total. The smallest absolute Gasteiger partial charge is 0.236 e. The summed E-state index contributed by atoms with van der Waals surface area (Å²) >= 11 is 0. The van der Waals surface area contributed by atoms with Gasteiger partial charge >= 0.3 is 0 Å². The van der Waals surface area contributed by atoms with Crippen LogP contribution in [0.3, 0.4) is 0 Å². The fourth-order valence-corrected chi connectivity index (χ4v) is 2.11. The van der Waals surface area contributed by atoms with Crippen molar-refractivity contribution in [3.8, 4) is 0 Å². The summed E-state index contributed by atoms with van der Waals surface area (Å²) in [5, 5.41) is 0. The highest BCUT2D eigenvalue weighted by molar-refractivity contribution is 5.78. The molecule has 15 heavy (non-hydrogen) atoms. The van der Waals surface area contributed by atoms with E-state index in [-0.39, 0.29) is 11.9 Å².